The Labute approximate surface area is 94.5 Å². The van der Waals surface area contributed by atoms with E-state index in [4.69, 9.17) is 5.73 Å². The summed E-state index contributed by atoms with van der Waals surface area (Å²) in [5, 5.41) is 11.1. The summed E-state index contributed by atoms with van der Waals surface area (Å²) in [6.45, 7) is 0.0831. The van der Waals surface area contributed by atoms with Gasteiger partial charge in [0.2, 0.25) is 0 Å². The second-order valence-corrected chi connectivity index (χ2v) is 4.69. The van der Waals surface area contributed by atoms with Gasteiger partial charge in [-0.15, -0.1) is 11.3 Å². The number of benzene rings is 1. The van der Waals surface area contributed by atoms with Crippen LogP contribution < -0.4 is 5.73 Å². The van der Waals surface area contributed by atoms with Gasteiger partial charge in [0.15, 0.2) is 0 Å². The number of fused-ring (bicyclic) bond motifs is 1. The third-order valence-corrected chi connectivity index (χ3v) is 4.05. The van der Waals surface area contributed by atoms with Gasteiger partial charge >= 0.3 is 0 Å². The lowest BCUT2D eigenvalue weighted by Gasteiger charge is -1.97. The topological polar surface area (TPSA) is 46.2 Å². The van der Waals surface area contributed by atoms with E-state index in [-0.39, 0.29) is 6.61 Å². The summed E-state index contributed by atoms with van der Waals surface area (Å²) in [6, 6.07) is 5.87. The van der Waals surface area contributed by atoms with Crippen molar-refractivity contribution in [3.05, 3.63) is 28.6 Å². The third-order valence-electron chi connectivity index (χ3n) is 2.21. The van der Waals surface area contributed by atoms with Crippen molar-refractivity contribution in [1.29, 1.82) is 0 Å². The molecular formula is C10H10BrNOS. The second kappa shape index (κ2) is 3.88. The molecule has 2 nitrogen and oxygen atoms in total. The van der Waals surface area contributed by atoms with Gasteiger partial charge in [-0.05, 0) is 17.0 Å². The first-order valence-corrected chi connectivity index (χ1v) is 6.17. The number of halogens is 1. The van der Waals surface area contributed by atoms with E-state index in [2.05, 4.69) is 15.9 Å². The van der Waals surface area contributed by atoms with Crippen molar-refractivity contribution in [1.82, 2.24) is 0 Å². The van der Waals surface area contributed by atoms with E-state index in [1.165, 1.54) is 0 Å². The van der Waals surface area contributed by atoms with Crippen molar-refractivity contribution in [2.24, 2.45) is 0 Å². The average molecular weight is 272 g/mol. The summed E-state index contributed by atoms with van der Waals surface area (Å²) in [4.78, 5) is 0.995. The molecule has 0 amide bonds. The summed E-state index contributed by atoms with van der Waals surface area (Å²) in [7, 11) is 0. The van der Waals surface area contributed by atoms with Gasteiger partial charge in [-0.3, -0.25) is 0 Å². The normalized spacial score (nSPS) is 11.0. The van der Waals surface area contributed by atoms with E-state index in [0.29, 0.717) is 0 Å². The van der Waals surface area contributed by atoms with Crippen LogP contribution in [-0.2, 0) is 11.9 Å². The monoisotopic (exact) mass is 271 g/mol. The zero-order chi connectivity index (χ0) is 10.1. The van der Waals surface area contributed by atoms with Crippen LogP contribution in [-0.4, -0.2) is 5.11 Å². The number of hydrogen-bond donors (Lipinski definition) is 2. The lowest BCUT2D eigenvalue weighted by Crippen LogP contribution is -1.84. The van der Waals surface area contributed by atoms with Crippen LogP contribution in [0, 0.1) is 0 Å². The minimum Gasteiger partial charge on any atom is -0.398 e. The van der Waals surface area contributed by atoms with Crippen LogP contribution in [0.4, 0.5) is 5.69 Å². The molecule has 0 bridgehead atoms. The predicted octanol–water partition coefficient (Wildman–Crippen LogP) is 2.87. The fourth-order valence-electron chi connectivity index (χ4n) is 1.52. The highest BCUT2D eigenvalue weighted by Crippen LogP contribution is 2.36. The molecule has 0 spiro atoms. The lowest BCUT2D eigenvalue weighted by molar-refractivity contribution is 0.285. The molecule has 0 atom stereocenters. The van der Waals surface area contributed by atoms with Crippen molar-refractivity contribution in [3.63, 3.8) is 0 Å². The van der Waals surface area contributed by atoms with Gasteiger partial charge in [0.25, 0.3) is 0 Å². The van der Waals surface area contributed by atoms with Crippen LogP contribution in [0.3, 0.4) is 0 Å². The van der Waals surface area contributed by atoms with E-state index in [1.54, 1.807) is 11.3 Å². The molecule has 3 N–H and O–H groups in total. The van der Waals surface area contributed by atoms with Crippen molar-refractivity contribution in [2.45, 2.75) is 11.9 Å². The number of anilines is 1. The number of thiophene rings is 1. The summed E-state index contributed by atoms with van der Waals surface area (Å²) in [6.07, 6.45) is 0. The maximum absolute atomic E-state index is 9.19. The molecule has 0 radical (unpaired) electrons. The van der Waals surface area contributed by atoms with Crippen molar-refractivity contribution in [2.75, 3.05) is 5.73 Å². The van der Waals surface area contributed by atoms with Gasteiger partial charge in [-0.2, -0.15) is 0 Å². The van der Waals surface area contributed by atoms with E-state index >= 15 is 0 Å². The van der Waals surface area contributed by atoms with Gasteiger partial charge < -0.3 is 10.8 Å². The highest BCUT2D eigenvalue weighted by atomic mass is 79.9. The Hall–Kier alpha value is -0.580. The first-order chi connectivity index (χ1) is 6.77. The molecule has 2 aromatic rings. The molecule has 2 rings (SSSR count). The van der Waals surface area contributed by atoms with Gasteiger partial charge in [-0.1, -0.05) is 28.1 Å². The maximum atomic E-state index is 9.19. The minimum atomic E-state index is 0.0831. The third kappa shape index (κ3) is 1.43. The number of hydrogen-bond acceptors (Lipinski definition) is 3. The van der Waals surface area contributed by atoms with Gasteiger partial charge in [0, 0.05) is 15.9 Å². The highest BCUT2D eigenvalue weighted by Gasteiger charge is 2.11. The second-order valence-electron chi connectivity index (χ2n) is 3.02. The molecule has 74 valence electrons. The van der Waals surface area contributed by atoms with Crippen LogP contribution >= 0.6 is 27.3 Å². The van der Waals surface area contributed by atoms with E-state index in [0.717, 1.165) is 31.5 Å². The summed E-state index contributed by atoms with van der Waals surface area (Å²) in [5.41, 5.74) is 7.80. The largest absolute Gasteiger partial charge is 0.398 e. The predicted molar refractivity (Wildman–Crippen MR) is 64.8 cm³/mol. The number of nitrogens with two attached hydrogens (primary N) is 1. The smallest absolute Gasteiger partial charge is 0.0777 e. The summed E-state index contributed by atoms with van der Waals surface area (Å²) >= 11 is 5.00. The van der Waals surface area contributed by atoms with Gasteiger partial charge in [0.05, 0.1) is 11.3 Å². The van der Waals surface area contributed by atoms with E-state index in [1.807, 2.05) is 18.2 Å². The molecule has 1 heterocycles. The molecule has 14 heavy (non-hydrogen) atoms. The van der Waals surface area contributed by atoms with Crippen LogP contribution in [0.15, 0.2) is 18.2 Å². The molecule has 0 aliphatic rings. The van der Waals surface area contributed by atoms with E-state index < -0.39 is 0 Å². The number of aliphatic hydroxyl groups excluding tert-OH is 1. The Morgan fingerprint density at radius 2 is 2.21 bits per heavy atom. The summed E-state index contributed by atoms with van der Waals surface area (Å²) < 4.78 is 1.08. The molecule has 0 saturated heterocycles. The Morgan fingerprint density at radius 1 is 1.43 bits per heavy atom. The van der Waals surface area contributed by atoms with Crippen LogP contribution in [0.5, 0.6) is 0 Å². The molecule has 0 aliphatic carbocycles. The van der Waals surface area contributed by atoms with Gasteiger partial charge in [0.1, 0.15) is 0 Å². The molecular weight excluding hydrogens is 262 g/mol. The van der Waals surface area contributed by atoms with Crippen LogP contribution in [0.2, 0.25) is 0 Å². The fraction of sp³-hybridized carbons (Fsp3) is 0.200. The number of nitrogen functional groups attached to an aromatic ring is 1. The van der Waals surface area contributed by atoms with Crippen molar-refractivity contribution in [3.8, 4) is 0 Å². The molecule has 0 saturated carbocycles. The zero-order valence-electron chi connectivity index (χ0n) is 7.46. The van der Waals surface area contributed by atoms with Crippen molar-refractivity contribution >= 4 is 43.0 Å². The maximum Gasteiger partial charge on any atom is 0.0777 e. The van der Waals surface area contributed by atoms with Gasteiger partial charge in [-0.25, -0.2) is 0 Å². The Balaban J connectivity index is 2.79. The fourth-order valence-corrected chi connectivity index (χ4v) is 3.45. The molecule has 1 aromatic carbocycles. The van der Waals surface area contributed by atoms with Crippen LogP contribution in [0.1, 0.15) is 10.4 Å². The highest BCUT2D eigenvalue weighted by molar-refractivity contribution is 9.08. The molecule has 0 unspecified atom stereocenters. The zero-order valence-corrected chi connectivity index (χ0v) is 9.86. The SMILES string of the molecule is Nc1cccc2c(CBr)c(CO)sc12. The first kappa shape index (κ1) is 9.96. The van der Waals surface area contributed by atoms with E-state index in [9.17, 15) is 5.11 Å². The summed E-state index contributed by atoms with van der Waals surface area (Å²) in [5.74, 6) is 0. The average Bonchev–Trinajstić information content (AvgIpc) is 2.57. The Morgan fingerprint density at radius 3 is 2.86 bits per heavy atom. The Bertz CT molecular complexity index is 466. The lowest BCUT2D eigenvalue weighted by atomic mass is 10.1. The molecule has 1 aromatic heterocycles. The van der Waals surface area contributed by atoms with Crippen molar-refractivity contribution < 1.29 is 5.11 Å². The first-order valence-electron chi connectivity index (χ1n) is 4.23. The number of alkyl halides is 1. The van der Waals surface area contributed by atoms with Crippen LogP contribution in [0.25, 0.3) is 10.1 Å². The Kier molecular flexibility index (Phi) is 2.76. The number of rotatable bonds is 2. The standard InChI is InChI=1S/C10H10BrNOS/c11-4-7-6-2-1-3-8(12)10(6)14-9(7)5-13/h1-3,13H,4-5,12H2. The molecule has 0 fully saturated rings. The number of aliphatic hydroxyl groups is 1. The molecule has 0 aliphatic heterocycles. The quantitative estimate of drug-likeness (QED) is 0.652. The minimum absolute atomic E-state index is 0.0831. The molecule has 4 heteroatoms.